The number of anilines is 1. The van der Waals surface area contributed by atoms with Gasteiger partial charge in [-0.15, -0.1) is 12.4 Å². The van der Waals surface area contributed by atoms with Crippen molar-refractivity contribution in [1.82, 2.24) is 10.2 Å². The SMILES string of the molecule is CNC1CCN(CC(=O)Nc2ccc(F)c(Cl)c2)CC1.Cl. The Kier molecular flexibility index (Phi) is 7.39. The van der Waals surface area contributed by atoms with E-state index >= 15 is 0 Å². The van der Waals surface area contributed by atoms with Gasteiger partial charge in [0.2, 0.25) is 5.91 Å². The first-order valence-electron chi connectivity index (χ1n) is 6.73. The molecule has 1 amide bonds. The minimum atomic E-state index is -0.487. The van der Waals surface area contributed by atoms with Crippen LogP contribution in [0.3, 0.4) is 0 Å². The van der Waals surface area contributed by atoms with E-state index in [-0.39, 0.29) is 23.3 Å². The first-order valence-corrected chi connectivity index (χ1v) is 7.11. The van der Waals surface area contributed by atoms with Gasteiger partial charge in [-0.3, -0.25) is 9.69 Å². The number of halogens is 3. The fraction of sp³-hybridized carbons (Fsp3) is 0.500. The van der Waals surface area contributed by atoms with Crippen molar-refractivity contribution in [2.75, 3.05) is 32.0 Å². The molecule has 1 aliphatic heterocycles. The van der Waals surface area contributed by atoms with E-state index in [1.807, 2.05) is 7.05 Å². The molecule has 2 rings (SSSR count). The Morgan fingerprint density at radius 3 is 2.67 bits per heavy atom. The molecular formula is C14H20Cl2FN3O. The Labute approximate surface area is 135 Å². The zero-order chi connectivity index (χ0) is 14.5. The number of hydrogen-bond donors (Lipinski definition) is 2. The lowest BCUT2D eigenvalue weighted by atomic mass is 10.1. The van der Waals surface area contributed by atoms with Gasteiger partial charge in [0.1, 0.15) is 5.82 Å². The largest absolute Gasteiger partial charge is 0.325 e. The maximum absolute atomic E-state index is 13.0. The Morgan fingerprint density at radius 1 is 1.43 bits per heavy atom. The number of nitrogens with one attached hydrogen (secondary N) is 2. The third-order valence-corrected chi connectivity index (χ3v) is 3.86. The van der Waals surface area contributed by atoms with Gasteiger partial charge in [-0.05, 0) is 38.1 Å². The van der Waals surface area contributed by atoms with E-state index < -0.39 is 5.82 Å². The number of hydrogen-bond acceptors (Lipinski definition) is 3. The molecule has 0 unspecified atom stereocenters. The molecule has 118 valence electrons. The maximum Gasteiger partial charge on any atom is 0.238 e. The molecule has 0 aromatic heterocycles. The Hall–Kier alpha value is -0.880. The first kappa shape index (κ1) is 18.2. The summed E-state index contributed by atoms with van der Waals surface area (Å²) in [5, 5.41) is 6.00. The molecule has 0 aliphatic carbocycles. The summed E-state index contributed by atoms with van der Waals surface area (Å²) in [4.78, 5) is 14.0. The molecule has 1 aliphatic rings. The number of likely N-dealkylation sites (tertiary alicyclic amines) is 1. The molecule has 1 saturated heterocycles. The van der Waals surface area contributed by atoms with Crippen molar-refractivity contribution in [1.29, 1.82) is 0 Å². The summed E-state index contributed by atoms with van der Waals surface area (Å²) in [6.45, 7) is 2.16. The number of benzene rings is 1. The predicted molar refractivity (Wildman–Crippen MR) is 85.8 cm³/mol. The van der Waals surface area contributed by atoms with E-state index in [4.69, 9.17) is 11.6 Å². The van der Waals surface area contributed by atoms with Gasteiger partial charge in [-0.25, -0.2) is 4.39 Å². The van der Waals surface area contributed by atoms with Gasteiger partial charge in [0.05, 0.1) is 11.6 Å². The second-order valence-electron chi connectivity index (χ2n) is 5.02. The van der Waals surface area contributed by atoms with Crippen LogP contribution in [-0.2, 0) is 4.79 Å². The monoisotopic (exact) mass is 335 g/mol. The van der Waals surface area contributed by atoms with Crippen LogP contribution in [-0.4, -0.2) is 43.5 Å². The van der Waals surface area contributed by atoms with Crippen LogP contribution in [0.15, 0.2) is 18.2 Å². The third-order valence-electron chi connectivity index (χ3n) is 3.57. The molecule has 1 aromatic rings. The standard InChI is InChI=1S/C14H19ClFN3O.ClH/c1-17-10-4-6-19(7-5-10)9-14(20)18-11-2-3-13(16)12(15)8-11;/h2-3,8,10,17H,4-7,9H2,1H3,(H,18,20);1H. The van der Waals surface area contributed by atoms with Crippen LogP contribution < -0.4 is 10.6 Å². The highest BCUT2D eigenvalue weighted by Gasteiger charge is 2.19. The van der Waals surface area contributed by atoms with Gasteiger partial charge in [-0.1, -0.05) is 11.6 Å². The highest BCUT2D eigenvalue weighted by Crippen LogP contribution is 2.19. The van der Waals surface area contributed by atoms with Gasteiger partial charge in [0.15, 0.2) is 0 Å². The lowest BCUT2D eigenvalue weighted by Crippen LogP contribution is -2.44. The average molecular weight is 336 g/mol. The Balaban J connectivity index is 0.00000220. The third kappa shape index (κ3) is 5.43. The second-order valence-corrected chi connectivity index (χ2v) is 5.42. The van der Waals surface area contributed by atoms with E-state index in [9.17, 15) is 9.18 Å². The normalized spacial score (nSPS) is 16.3. The number of amides is 1. The lowest BCUT2D eigenvalue weighted by Gasteiger charge is -2.31. The molecule has 7 heteroatoms. The highest BCUT2D eigenvalue weighted by molar-refractivity contribution is 6.31. The fourth-order valence-corrected chi connectivity index (χ4v) is 2.54. The fourth-order valence-electron chi connectivity index (χ4n) is 2.36. The molecule has 0 spiro atoms. The summed E-state index contributed by atoms with van der Waals surface area (Å²) >= 11 is 5.68. The lowest BCUT2D eigenvalue weighted by molar-refractivity contribution is -0.117. The van der Waals surface area contributed by atoms with Crippen LogP contribution in [0, 0.1) is 5.82 Å². The number of carbonyl (C=O) groups is 1. The number of rotatable bonds is 4. The summed E-state index contributed by atoms with van der Waals surface area (Å²) in [5.41, 5.74) is 0.520. The van der Waals surface area contributed by atoms with Crippen molar-refractivity contribution >= 4 is 35.6 Å². The van der Waals surface area contributed by atoms with Crippen LogP contribution in [0.2, 0.25) is 5.02 Å². The van der Waals surface area contributed by atoms with Crippen LogP contribution in [0.25, 0.3) is 0 Å². The zero-order valence-electron chi connectivity index (χ0n) is 11.9. The summed E-state index contributed by atoms with van der Waals surface area (Å²) in [6, 6.07) is 4.72. The smallest absolute Gasteiger partial charge is 0.238 e. The van der Waals surface area contributed by atoms with E-state index in [1.165, 1.54) is 18.2 Å². The molecule has 1 aromatic carbocycles. The van der Waals surface area contributed by atoms with E-state index in [0.29, 0.717) is 18.3 Å². The van der Waals surface area contributed by atoms with E-state index in [1.54, 1.807) is 0 Å². The molecule has 4 nitrogen and oxygen atoms in total. The van der Waals surface area contributed by atoms with Crippen LogP contribution in [0.4, 0.5) is 10.1 Å². The van der Waals surface area contributed by atoms with Gasteiger partial charge >= 0.3 is 0 Å². The van der Waals surface area contributed by atoms with E-state index in [0.717, 1.165) is 25.9 Å². The van der Waals surface area contributed by atoms with Crippen molar-refractivity contribution in [3.8, 4) is 0 Å². The van der Waals surface area contributed by atoms with Crippen LogP contribution in [0.5, 0.6) is 0 Å². The van der Waals surface area contributed by atoms with Crippen LogP contribution >= 0.6 is 24.0 Å². The maximum atomic E-state index is 13.0. The molecule has 2 N–H and O–H groups in total. The minimum Gasteiger partial charge on any atom is -0.325 e. The number of piperidine rings is 1. The predicted octanol–water partition coefficient (Wildman–Crippen LogP) is 2.52. The summed E-state index contributed by atoms with van der Waals surface area (Å²) in [7, 11) is 1.96. The molecule has 0 atom stereocenters. The number of carbonyl (C=O) groups excluding carboxylic acids is 1. The summed E-state index contributed by atoms with van der Waals surface area (Å²) in [5.74, 6) is -0.589. The zero-order valence-corrected chi connectivity index (χ0v) is 13.4. The van der Waals surface area contributed by atoms with Gasteiger partial charge in [0, 0.05) is 24.8 Å². The molecule has 21 heavy (non-hydrogen) atoms. The van der Waals surface area contributed by atoms with Gasteiger partial charge < -0.3 is 10.6 Å². The summed E-state index contributed by atoms with van der Waals surface area (Å²) < 4.78 is 13.0. The molecule has 1 fully saturated rings. The van der Waals surface area contributed by atoms with Crippen LogP contribution in [0.1, 0.15) is 12.8 Å². The summed E-state index contributed by atoms with van der Waals surface area (Å²) in [6.07, 6.45) is 2.10. The van der Waals surface area contributed by atoms with E-state index in [2.05, 4.69) is 15.5 Å². The molecule has 1 heterocycles. The minimum absolute atomic E-state index is 0. The molecular weight excluding hydrogens is 316 g/mol. The quantitative estimate of drug-likeness (QED) is 0.888. The first-order chi connectivity index (χ1) is 9.58. The Morgan fingerprint density at radius 2 is 2.10 bits per heavy atom. The van der Waals surface area contributed by atoms with Crippen molar-refractivity contribution in [3.63, 3.8) is 0 Å². The second kappa shape index (κ2) is 8.54. The molecule has 0 bridgehead atoms. The van der Waals surface area contributed by atoms with Gasteiger partial charge in [-0.2, -0.15) is 0 Å². The van der Waals surface area contributed by atoms with Gasteiger partial charge in [0.25, 0.3) is 0 Å². The molecule has 0 saturated carbocycles. The Bertz CT molecular complexity index is 479. The van der Waals surface area contributed by atoms with Crippen molar-refractivity contribution < 1.29 is 9.18 Å². The highest BCUT2D eigenvalue weighted by atomic mass is 35.5. The van der Waals surface area contributed by atoms with Crippen molar-refractivity contribution in [3.05, 3.63) is 29.0 Å². The van der Waals surface area contributed by atoms with Crippen molar-refractivity contribution in [2.45, 2.75) is 18.9 Å². The van der Waals surface area contributed by atoms with Crippen molar-refractivity contribution in [2.24, 2.45) is 0 Å². The molecule has 0 radical (unpaired) electrons. The average Bonchev–Trinajstić information content (AvgIpc) is 2.44. The topological polar surface area (TPSA) is 44.4 Å². The number of nitrogens with zero attached hydrogens (tertiary/aromatic N) is 1.